The Bertz CT molecular complexity index is 1510. The first-order chi connectivity index (χ1) is 17.4. The molecule has 2 aromatic heterocycles. The summed E-state index contributed by atoms with van der Waals surface area (Å²) in [6.07, 6.45) is 3.94. The second-order valence-corrected chi connectivity index (χ2v) is 9.86. The zero-order valence-corrected chi connectivity index (χ0v) is 21.4. The first-order valence-corrected chi connectivity index (χ1v) is 12.9. The Balaban J connectivity index is 1.64. The number of rotatable bonds is 8. The molecule has 1 amide bonds. The molecule has 5 aromatic rings. The Morgan fingerprint density at radius 2 is 1.78 bits per heavy atom. The molecule has 3 aromatic carbocycles. The van der Waals surface area contributed by atoms with Gasteiger partial charge < -0.3 is 5.73 Å². The Kier molecular flexibility index (Phi) is 6.67. The average molecular weight is 496 g/mol. The molecule has 0 aliphatic rings. The van der Waals surface area contributed by atoms with Gasteiger partial charge in [-0.1, -0.05) is 42.5 Å². The van der Waals surface area contributed by atoms with Gasteiger partial charge in [0.2, 0.25) is 5.91 Å². The number of amides is 1. The Labute approximate surface area is 215 Å². The van der Waals surface area contributed by atoms with Crippen LogP contribution in [0, 0.1) is 0 Å². The number of hydrogen-bond acceptors (Lipinski definition) is 5. The van der Waals surface area contributed by atoms with Crippen LogP contribution in [0.15, 0.2) is 83.9 Å². The van der Waals surface area contributed by atoms with Crippen LogP contribution in [0.25, 0.3) is 21.9 Å². The molecule has 7 heteroatoms. The molecule has 0 fully saturated rings. The lowest BCUT2D eigenvalue weighted by Crippen LogP contribution is -2.31. The number of benzene rings is 3. The van der Waals surface area contributed by atoms with Crippen molar-refractivity contribution in [2.75, 3.05) is 0 Å². The van der Waals surface area contributed by atoms with Crippen LogP contribution in [-0.4, -0.2) is 25.6 Å². The molecule has 0 spiro atoms. The maximum Gasteiger partial charge on any atom is 0.249 e. The van der Waals surface area contributed by atoms with Crippen LogP contribution in [-0.2, 0) is 13.6 Å². The molecule has 0 radical (unpaired) electrons. The SMILES string of the molecule is CC(c1ccccc1C(N)=O)N(Cc1cscn1)C(C)c1cc(-c2cnn(C)c2)cc2ccccc12. The summed E-state index contributed by atoms with van der Waals surface area (Å²) < 4.78 is 1.82. The van der Waals surface area contributed by atoms with Crippen molar-refractivity contribution in [2.24, 2.45) is 12.8 Å². The molecular weight excluding hydrogens is 466 g/mol. The molecule has 6 nitrogen and oxygen atoms in total. The van der Waals surface area contributed by atoms with Crippen LogP contribution < -0.4 is 5.73 Å². The summed E-state index contributed by atoms with van der Waals surface area (Å²) in [6.45, 7) is 5.01. The van der Waals surface area contributed by atoms with E-state index in [-0.39, 0.29) is 12.1 Å². The number of thiazole rings is 1. The van der Waals surface area contributed by atoms with E-state index in [2.05, 4.69) is 70.6 Å². The number of fused-ring (bicyclic) bond motifs is 1. The maximum absolute atomic E-state index is 12.3. The number of aryl methyl sites for hydroxylation is 1. The summed E-state index contributed by atoms with van der Waals surface area (Å²) in [7, 11) is 1.93. The van der Waals surface area contributed by atoms with Gasteiger partial charge in [-0.25, -0.2) is 4.98 Å². The van der Waals surface area contributed by atoms with Crippen LogP contribution in [0.3, 0.4) is 0 Å². The molecule has 2 unspecified atom stereocenters. The highest BCUT2D eigenvalue weighted by Crippen LogP contribution is 2.38. The third kappa shape index (κ3) is 4.67. The highest BCUT2D eigenvalue weighted by molar-refractivity contribution is 7.07. The lowest BCUT2D eigenvalue weighted by molar-refractivity contribution is 0.0992. The van der Waals surface area contributed by atoms with E-state index >= 15 is 0 Å². The summed E-state index contributed by atoms with van der Waals surface area (Å²) in [5.41, 5.74) is 13.5. The molecule has 36 heavy (non-hydrogen) atoms. The topological polar surface area (TPSA) is 77.0 Å². The summed E-state index contributed by atoms with van der Waals surface area (Å²) >= 11 is 1.59. The number of aromatic nitrogens is 3. The van der Waals surface area contributed by atoms with Crippen molar-refractivity contribution in [2.45, 2.75) is 32.5 Å². The van der Waals surface area contributed by atoms with Crippen molar-refractivity contribution in [3.05, 3.63) is 106 Å². The minimum atomic E-state index is -0.414. The van der Waals surface area contributed by atoms with Crippen molar-refractivity contribution < 1.29 is 4.79 Å². The summed E-state index contributed by atoms with van der Waals surface area (Å²) in [4.78, 5) is 19.2. The standard InChI is InChI=1S/C29H29N5OS/c1-19(25-9-6-7-11-27(25)29(30)35)34(16-24-17-36-18-31-24)20(2)28-13-22(23-14-32-33(3)15-23)12-21-8-4-5-10-26(21)28/h4-15,17-20H,16H2,1-3H3,(H2,30,35). The van der Waals surface area contributed by atoms with Crippen molar-refractivity contribution in [1.82, 2.24) is 19.7 Å². The van der Waals surface area contributed by atoms with E-state index in [1.807, 2.05) is 47.8 Å². The smallest absolute Gasteiger partial charge is 0.249 e. The minimum absolute atomic E-state index is 0.0177. The minimum Gasteiger partial charge on any atom is -0.366 e. The zero-order chi connectivity index (χ0) is 25.2. The predicted octanol–water partition coefficient (Wildman–Crippen LogP) is 6.12. The van der Waals surface area contributed by atoms with Gasteiger partial charge in [-0.05, 0) is 59.5 Å². The maximum atomic E-state index is 12.3. The van der Waals surface area contributed by atoms with E-state index in [0.29, 0.717) is 12.1 Å². The molecule has 0 aliphatic heterocycles. The number of nitrogens with two attached hydrogens (primary N) is 1. The van der Waals surface area contributed by atoms with Crippen LogP contribution >= 0.6 is 11.3 Å². The van der Waals surface area contributed by atoms with Crippen molar-refractivity contribution in [3.8, 4) is 11.1 Å². The van der Waals surface area contributed by atoms with Gasteiger partial charge in [0.1, 0.15) is 0 Å². The quantitative estimate of drug-likeness (QED) is 0.281. The van der Waals surface area contributed by atoms with Crippen molar-refractivity contribution in [3.63, 3.8) is 0 Å². The fraction of sp³-hybridized carbons (Fsp3) is 0.207. The van der Waals surface area contributed by atoms with Crippen LogP contribution in [0.5, 0.6) is 0 Å². The van der Waals surface area contributed by atoms with Crippen LogP contribution in [0.2, 0.25) is 0 Å². The van der Waals surface area contributed by atoms with E-state index < -0.39 is 5.91 Å². The third-order valence-electron chi connectivity index (χ3n) is 6.88. The van der Waals surface area contributed by atoms with E-state index in [0.717, 1.165) is 22.4 Å². The average Bonchev–Trinajstić information content (AvgIpc) is 3.57. The van der Waals surface area contributed by atoms with Gasteiger partial charge in [0.25, 0.3) is 0 Å². The lowest BCUT2D eigenvalue weighted by atomic mass is 9.92. The van der Waals surface area contributed by atoms with Gasteiger partial charge in [-0.3, -0.25) is 14.4 Å². The first kappa shape index (κ1) is 23.9. The summed E-state index contributed by atoms with van der Waals surface area (Å²) in [6, 6.07) is 20.5. The third-order valence-corrected chi connectivity index (χ3v) is 7.52. The molecule has 182 valence electrons. The van der Waals surface area contributed by atoms with Crippen LogP contribution in [0.4, 0.5) is 0 Å². The molecule has 2 N–H and O–H groups in total. The Morgan fingerprint density at radius 3 is 2.50 bits per heavy atom. The lowest BCUT2D eigenvalue weighted by Gasteiger charge is -2.36. The molecule has 0 bridgehead atoms. The normalized spacial score (nSPS) is 13.2. The molecule has 0 saturated carbocycles. The fourth-order valence-electron chi connectivity index (χ4n) is 4.98. The monoisotopic (exact) mass is 495 g/mol. The zero-order valence-electron chi connectivity index (χ0n) is 20.6. The molecule has 2 atom stereocenters. The number of carbonyl (C=O) groups excluding carboxylic acids is 1. The first-order valence-electron chi connectivity index (χ1n) is 12.0. The number of hydrogen-bond donors (Lipinski definition) is 1. The Hall–Kier alpha value is -3.81. The van der Waals surface area contributed by atoms with Crippen LogP contribution in [0.1, 0.15) is 53.1 Å². The van der Waals surface area contributed by atoms with Crippen molar-refractivity contribution >= 4 is 28.0 Å². The van der Waals surface area contributed by atoms with Gasteiger partial charge in [0, 0.05) is 48.4 Å². The van der Waals surface area contributed by atoms with E-state index in [9.17, 15) is 4.79 Å². The number of nitrogens with zero attached hydrogens (tertiary/aromatic N) is 4. The molecule has 0 saturated heterocycles. The second-order valence-electron chi connectivity index (χ2n) is 9.14. The van der Waals surface area contributed by atoms with Gasteiger partial charge in [-0.2, -0.15) is 5.10 Å². The van der Waals surface area contributed by atoms with Gasteiger partial charge in [-0.15, -0.1) is 11.3 Å². The number of primary amides is 1. The molecule has 5 rings (SSSR count). The highest BCUT2D eigenvalue weighted by Gasteiger charge is 2.27. The van der Waals surface area contributed by atoms with Gasteiger partial charge >= 0.3 is 0 Å². The van der Waals surface area contributed by atoms with Gasteiger partial charge in [0.15, 0.2) is 0 Å². The van der Waals surface area contributed by atoms with E-state index in [4.69, 9.17) is 5.73 Å². The molecular formula is C29H29N5OS. The summed E-state index contributed by atoms with van der Waals surface area (Å²) in [5, 5.41) is 8.85. The highest BCUT2D eigenvalue weighted by atomic mass is 32.1. The molecule has 2 heterocycles. The second kappa shape index (κ2) is 10.0. The Morgan fingerprint density at radius 1 is 1.03 bits per heavy atom. The van der Waals surface area contributed by atoms with Crippen molar-refractivity contribution in [1.29, 1.82) is 0 Å². The fourth-order valence-corrected chi connectivity index (χ4v) is 5.53. The van der Waals surface area contributed by atoms with E-state index in [1.165, 1.54) is 16.3 Å². The van der Waals surface area contributed by atoms with Gasteiger partial charge in [0.05, 0.1) is 17.4 Å². The molecule has 0 aliphatic carbocycles. The number of carbonyl (C=O) groups is 1. The van der Waals surface area contributed by atoms with E-state index in [1.54, 1.807) is 17.4 Å². The predicted molar refractivity (Wildman–Crippen MR) is 146 cm³/mol. The summed E-state index contributed by atoms with van der Waals surface area (Å²) in [5.74, 6) is -0.414. The largest absolute Gasteiger partial charge is 0.366 e.